The van der Waals surface area contributed by atoms with Crippen molar-refractivity contribution < 1.29 is 77.0 Å². The van der Waals surface area contributed by atoms with Gasteiger partial charge >= 0.3 is 5.97 Å². The van der Waals surface area contributed by atoms with Crippen LogP contribution in [-0.4, -0.2) is 126 Å². The molecule has 16 nitrogen and oxygen atoms in total. The first-order valence-corrected chi connectivity index (χ1v) is 19.3. The molecule has 1 aliphatic carbocycles. The molecular formula is C40H50O16. The molecule has 2 aromatic rings. The van der Waals surface area contributed by atoms with Gasteiger partial charge in [0.15, 0.2) is 30.6 Å². The summed E-state index contributed by atoms with van der Waals surface area (Å²) in [7, 11) is 3.06. The van der Waals surface area contributed by atoms with Crippen LogP contribution in [-0.2, 0) is 53.8 Å². The summed E-state index contributed by atoms with van der Waals surface area (Å²) in [5.74, 6) is -3.07. The average molecular weight is 787 g/mol. The molecule has 0 amide bonds. The highest BCUT2D eigenvalue weighted by molar-refractivity contribution is 6.11. The van der Waals surface area contributed by atoms with Gasteiger partial charge in [-0.25, -0.2) is 0 Å². The Hall–Kier alpha value is -3.16. The first kappa shape index (κ1) is 38.4. The molecule has 0 saturated carbocycles. The van der Waals surface area contributed by atoms with Crippen molar-refractivity contribution in [2.75, 3.05) is 27.4 Å². The number of carbonyl (C=O) groups is 2. The van der Waals surface area contributed by atoms with Gasteiger partial charge < -0.3 is 67.4 Å². The molecule has 2 bridgehead atoms. The van der Waals surface area contributed by atoms with Crippen molar-refractivity contribution in [3.63, 3.8) is 0 Å². The summed E-state index contributed by atoms with van der Waals surface area (Å²) in [6.45, 7) is 9.76. The first-order valence-electron chi connectivity index (χ1n) is 19.3. The highest BCUT2D eigenvalue weighted by Gasteiger charge is 2.91. The number of ether oxygens (including phenoxy) is 11. The average Bonchev–Trinajstić information content (AvgIpc) is 3.79. The summed E-state index contributed by atoms with van der Waals surface area (Å²) in [6.07, 6.45) is -4.95. The quantitative estimate of drug-likeness (QED) is 0.260. The van der Waals surface area contributed by atoms with E-state index in [0.717, 1.165) is 5.56 Å². The van der Waals surface area contributed by atoms with Crippen molar-refractivity contribution in [3.05, 3.63) is 28.3 Å². The van der Waals surface area contributed by atoms with Gasteiger partial charge in [0, 0.05) is 49.8 Å². The molecule has 9 rings (SSSR count). The van der Waals surface area contributed by atoms with Gasteiger partial charge in [0.05, 0.1) is 42.5 Å². The van der Waals surface area contributed by atoms with Crippen LogP contribution in [0, 0.1) is 6.92 Å². The number of aryl methyl sites for hydroxylation is 1. The second-order valence-electron chi connectivity index (χ2n) is 16.9. The molecule has 6 heterocycles. The van der Waals surface area contributed by atoms with E-state index in [2.05, 4.69) is 0 Å². The molecule has 3 N–H and O–H groups in total. The highest BCUT2D eigenvalue weighted by Crippen LogP contribution is 2.71. The Kier molecular flexibility index (Phi) is 8.68. The molecule has 1 spiro atoms. The molecule has 0 aromatic heterocycles. The maximum absolute atomic E-state index is 13.2. The van der Waals surface area contributed by atoms with Crippen LogP contribution in [0.4, 0.5) is 0 Å². The van der Waals surface area contributed by atoms with Gasteiger partial charge in [-0.2, -0.15) is 0 Å². The Balaban J connectivity index is 0.972. The Bertz CT molecular complexity index is 1990. The third-order valence-corrected chi connectivity index (χ3v) is 12.9. The number of esters is 1. The van der Waals surface area contributed by atoms with Crippen LogP contribution in [0.3, 0.4) is 0 Å². The van der Waals surface area contributed by atoms with Crippen LogP contribution in [0.2, 0.25) is 0 Å². The Labute approximate surface area is 323 Å². The summed E-state index contributed by atoms with van der Waals surface area (Å²) in [4.78, 5) is 24.9. The van der Waals surface area contributed by atoms with E-state index in [1.807, 2.05) is 13.0 Å². The highest BCUT2D eigenvalue weighted by atomic mass is 16.9. The van der Waals surface area contributed by atoms with Gasteiger partial charge in [-0.3, -0.25) is 9.59 Å². The monoisotopic (exact) mass is 786 g/mol. The Morgan fingerprint density at radius 2 is 1.68 bits per heavy atom. The van der Waals surface area contributed by atoms with Crippen molar-refractivity contribution in [2.45, 2.75) is 151 Å². The summed E-state index contributed by atoms with van der Waals surface area (Å²) >= 11 is 0. The fourth-order valence-corrected chi connectivity index (χ4v) is 10.4. The zero-order valence-corrected chi connectivity index (χ0v) is 32.8. The third kappa shape index (κ3) is 5.20. The van der Waals surface area contributed by atoms with Gasteiger partial charge in [0.1, 0.15) is 41.7 Å². The normalized spacial score (nSPS) is 43.4. The molecule has 6 aliphatic heterocycles. The zero-order valence-electron chi connectivity index (χ0n) is 32.8. The van der Waals surface area contributed by atoms with Crippen molar-refractivity contribution in [1.82, 2.24) is 0 Å². The van der Waals surface area contributed by atoms with E-state index >= 15 is 0 Å². The molecule has 11 unspecified atom stereocenters. The summed E-state index contributed by atoms with van der Waals surface area (Å²) < 4.78 is 68.9. The number of Topliss-reactive ketones (excluding diaryl/α,β-unsaturated/α-hetero) is 1. The molecule has 5 fully saturated rings. The second kappa shape index (κ2) is 12.7. The number of methoxy groups -OCH3 is 2. The number of carbonyl (C=O) groups excluding carboxylic acids is 2. The number of phenolic OH excluding ortho intramolecular Hbond substituents is 1. The molecule has 5 saturated heterocycles. The van der Waals surface area contributed by atoms with E-state index in [9.17, 15) is 24.9 Å². The van der Waals surface area contributed by atoms with Crippen LogP contribution in [0.15, 0.2) is 6.07 Å². The van der Waals surface area contributed by atoms with E-state index in [1.54, 1.807) is 34.8 Å². The minimum atomic E-state index is -1.52. The lowest BCUT2D eigenvalue weighted by atomic mass is 9.78. The minimum absolute atomic E-state index is 0.00244. The number of fused-ring (bicyclic) bond motifs is 8. The van der Waals surface area contributed by atoms with E-state index in [-0.39, 0.29) is 43.2 Å². The number of aromatic hydroxyl groups is 1. The summed E-state index contributed by atoms with van der Waals surface area (Å²) in [5, 5.41) is 35.6. The number of hydrogen-bond acceptors (Lipinski definition) is 16. The van der Waals surface area contributed by atoms with Gasteiger partial charge in [-0.1, -0.05) is 0 Å². The van der Waals surface area contributed by atoms with Crippen LogP contribution in [0.1, 0.15) is 93.5 Å². The van der Waals surface area contributed by atoms with Crippen molar-refractivity contribution in [1.29, 1.82) is 0 Å². The lowest BCUT2D eigenvalue weighted by Gasteiger charge is -2.49. The largest absolute Gasteiger partial charge is 0.506 e. The predicted molar refractivity (Wildman–Crippen MR) is 190 cm³/mol. The van der Waals surface area contributed by atoms with E-state index in [0.29, 0.717) is 52.7 Å². The van der Waals surface area contributed by atoms with Crippen molar-refractivity contribution in [2.24, 2.45) is 0 Å². The Morgan fingerprint density at radius 3 is 2.32 bits per heavy atom. The topological polar surface area (TPSA) is 200 Å². The molecular weight excluding hydrogens is 736 g/mol. The standard InChI is InChI=1S/C40H50O16/c1-17-12-22-28(29(43)27-21(30(22)46-7)10-9-11-23(27)42)31-26(17)32-35-40(47-8,55-31)38(15-49-38)39(54-32,56-35)16-48-24-13-36(5,44)34(19(3)50-24)53-25-14-37(6,45)33(18(2)51-25)52-20(4)41/h12,18-19,24-25,32-35,43-45H,9-11,13-16H2,1-8H3/t18?,19?,24?,25?,32?,33?,34?,35?,36?,37?,38-,39?,40-/m1/s1. The molecule has 13 atom stereocenters. The molecule has 16 heteroatoms. The Morgan fingerprint density at radius 1 is 1.00 bits per heavy atom. The SMILES string of the molecule is COc1c2c(c(O)c3c4c(c(C)cc13)C1OC3(COC5CC(C)(O)C(OC6CC(C)(O)C(OC(C)=O)C(C)O6)C(C)O5)OC1[C@@](OC)(O4)[C@@]31CO1)C(=O)CCC2. The lowest BCUT2D eigenvalue weighted by Crippen LogP contribution is -2.68. The van der Waals surface area contributed by atoms with Gasteiger partial charge in [-0.15, -0.1) is 0 Å². The van der Waals surface area contributed by atoms with Gasteiger partial charge in [0.25, 0.3) is 5.79 Å². The van der Waals surface area contributed by atoms with Crippen molar-refractivity contribution in [3.8, 4) is 17.2 Å². The first-order chi connectivity index (χ1) is 26.4. The van der Waals surface area contributed by atoms with Gasteiger partial charge in [-0.05, 0) is 59.1 Å². The summed E-state index contributed by atoms with van der Waals surface area (Å²) in [5.41, 5.74) is -1.83. The van der Waals surface area contributed by atoms with E-state index in [4.69, 9.17) is 52.1 Å². The van der Waals surface area contributed by atoms with Gasteiger partial charge in [0.2, 0.25) is 11.4 Å². The van der Waals surface area contributed by atoms with Crippen LogP contribution in [0.25, 0.3) is 10.8 Å². The van der Waals surface area contributed by atoms with E-state index < -0.39 is 83.6 Å². The predicted octanol–water partition coefficient (Wildman–Crippen LogP) is 3.16. The zero-order chi connectivity index (χ0) is 39.9. The van der Waals surface area contributed by atoms with E-state index in [1.165, 1.54) is 14.0 Å². The number of rotatable bonds is 8. The molecule has 0 radical (unpaired) electrons. The fourth-order valence-electron chi connectivity index (χ4n) is 10.4. The fraction of sp³-hybridized carbons (Fsp3) is 0.700. The molecule has 306 valence electrons. The minimum Gasteiger partial charge on any atom is -0.506 e. The van der Waals surface area contributed by atoms with Crippen LogP contribution in [0.5, 0.6) is 17.2 Å². The maximum Gasteiger partial charge on any atom is 0.303 e. The van der Waals surface area contributed by atoms with Crippen molar-refractivity contribution >= 4 is 22.5 Å². The number of ketones is 1. The van der Waals surface area contributed by atoms with Crippen LogP contribution < -0.4 is 9.47 Å². The van der Waals surface area contributed by atoms with Crippen LogP contribution >= 0.6 is 0 Å². The number of benzene rings is 2. The maximum atomic E-state index is 13.2. The molecule has 7 aliphatic rings. The summed E-state index contributed by atoms with van der Waals surface area (Å²) in [6, 6.07) is 1.91. The molecule has 56 heavy (non-hydrogen) atoms. The lowest BCUT2D eigenvalue weighted by molar-refractivity contribution is -0.349. The molecule has 2 aromatic carbocycles. The number of phenols is 1. The number of hydrogen-bond donors (Lipinski definition) is 3. The second-order valence-corrected chi connectivity index (χ2v) is 16.9. The smallest absolute Gasteiger partial charge is 0.303 e. The number of aliphatic hydroxyl groups is 2. The number of epoxide rings is 1. The third-order valence-electron chi connectivity index (χ3n) is 12.9.